The normalized spacial score (nSPS) is 34.6. The first kappa shape index (κ1) is 10.5. The van der Waals surface area contributed by atoms with Gasteiger partial charge in [0.1, 0.15) is 0 Å². The van der Waals surface area contributed by atoms with Crippen LogP contribution in [0.1, 0.15) is 26.2 Å². The highest BCUT2D eigenvalue weighted by atomic mass is 79.9. The van der Waals surface area contributed by atoms with E-state index in [2.05, 4.69) is 38.8 Å². The van der Waals surface area contributed by atoms with Crippen molar-refractivity contribution in [2.75, 3.05) is 0 Å². The zero-order chi connectivity index (χ0) is 9.35. The summed E-state index contributed by atoms with van der Waals surface area (Å²) in [4.78, 5) is 10.9. The number of alkyl halides is 2. The van der Waals surface area contributed by atoms with Gasteiger partial charge in [0.05, 0.1) is 9.15 Å². The summed E-state index contributed by atoms with van der Waals surface area (Å²) < 4.78 is -0.377. The minimum absolute atomic E-state index is 0.304. The van der Waals surface area contributed by atoms with Gasteiger partial charge < -0.3 is 5.11 Å². The molecule has 1 aliphatic rings. The number of hydrogen-bond donors (Lipinski definition) is 1. The van der Waals surface area contributed by atoms with Crippen molar-refractivity contribution in [2.45, 2.75) is 29.4 Å². The monoisotopic (exact) mass is 298 g/mol. The number of carboxylic acids is 1. The molecule has 0 heterocycles. The molecule has 0 saturated heterocycles. The Hall–Kier alpha value is 0.430. The molecule has 2 unspecified atom stereocenters. The lowest BCUT2D eigenvalue weighted by Gasteiger charge is -2.35. The van der Waals surface area contributed by atoms with Crippen molar-refractivity contribution in [1.82, 2.24) is 0 Å². The molecular formula is C8H12Br2O2. The molecule has 70 valence electrons. The molecule has 2 atom stereocenters. The SMILES string of the molecule is CC1CCC(Br)(Br)C(C(=O)O)C1. The van der Waals surface area contributed by atoms with Crippen LogP contribution < -0.4 is 0 Å². The molecule has 4 heteroatoms. The molecule has 0 bridgehead atoms. The summed E-state index contributed by atoms with van der Waals surface area (Å²) in [6.07, 6.45) is 2.72. The van der Waals surface area contributed by atoms with E-state index in [1.165, 1.54) is 0 Å². The molecule has 1 rings (SSSR count). The number of carbonyl (C=O) groups is 1. The zero-order valence-corrected chi connectivity index (χ0v) is 10.1. The van der Waals surface area contributed by atoms with Crippen LogP contribution in [0.2, 0.25) is 0 Å². The van der Waals surface area contributed by atoms with Crippen LogP contribution >= 0.6 is 31.9 Å². The van der Waals surface area contributed by atoms with Crippen molar-refractivity contribution in [3.63, 3.8) is 0 Å². The Labute approximate surface area is 89.0 Å². The van der Waals surface area contributed by atoms with Crippen molar-refractivity contribution in [2.24, 2.45) is 11.8 Å². The lowest BCUT2D eigenvalue weighted by atomic mass is 9.82. The quantitative estimate of drug-likeness (QED) is 0.756. The number of halogens is 2. The van der Waals surface area contributed by atoms with Crippen molar-refractivity contribution in [1.29, 1.82) is 0 Å². The standard InChI is InChI=1S/C8H12Br2O2/c1-5-2-3-8(9,10)6(4-5)7(11)12/h5-6H,2-4H2,1H3,(H,11,12). The highest BCUT2D eigenvalue weighted by molar-refractivity contribution is 9.25. The Morgan fingerprint density at radius 1 is 1.58 bits per heavy atom. The summed E-state index contributed by atoms with van der Waals surface area (Å²) in [6.45, 7) is 2.10. The van der Waals surface area contributed by atoms with E-state index in [0.717, 1.165) is 19.3 Å². The van der Waals surface area contributed by atoms with Gasteiger partial charge in [0, 0.05) is 0 Å². The first-order chi connectivity index (χ1) is 5.43. The molecule has 0 spiro atoms. The highest BCUT2D eigenvalue weighted by Gasteiger charge is 2.42. The largest absolute Gasteiger partial charge is 0.481 e. The second-order valence-corrected chi connectivity index (χ2v) is 7.43. The highest BCUT2D eigenvalue weighted by Crippen LogP contribution is 2.47. The van der Waals surface area contributed by atoms with Crippen LogP contribution in [0, 0.1) is 11.8 Å². The predicted molar refractivity (Wildman–Crippen MR) is 54.7 cm³/mol. The Kier molecular flexibility index (Phi) is 3.21. The minimum atomic E-state index is -0.713. The van der Waals surface area contributed by atoms with E-state index in [0.29, 0.717) is 5.92 Å². The van der Waals surface area contributed by atoms with Crippen LogP contribution in [0.3, 0.4) is 0 Å². The summed E-state index contributed by atoms with van der Waals surface area (Å²) in [5, 5.41) is 8.93. The fourth-order valence-corrected chi connectivity index (χ4v) is 2.81. The van der Waals surface area contributed by atoms with Gasteiger partial charge in [0.2, 0.25) is 0 Å². The molecule has 12 heavy (non-hydrogen) atoms. The number of hydrogen-bond acceptors (Lipinski definition) is 1. The van der Waals surface area contributed by atoms with Crippen molar-refractivity contribution >= 4 is 37.8 Å². The van der Waals surface area contributed by atoms with E-state index in [9.17, 15) is 4.79 Å². The summed E-state index contributed by atoms with van der Waals surface area (Å²) in [7, 11) is 0. The second kappa shape index (κ2) is 3.66. The predicted octanol–water partition coefficient (Wildman–Crippen LogP) is 2.99. The smallest absolute Gasteiger partial charge is 0.308 e. The topological polar surface area (TPSA) is 37.3 Å². The first-order valence-electron chi connectivity index (χ1n) is 4.04. The maximum atomic E-state index is 10.9. The molecule has 0 aromatic heterocycles. The molecule has 1 fully saturated rings. The van der Waals surface area contributed by atoms with Gasteiger partial charge >= 0.3 is 5.97 Å². The Balaban J connectivity index is 2.72. The van der Waals surface area contributed by atoms with Gasteiger partial charge in [-0.2, -0.15) is 0 Å². The maximum absolute atomic E-state index is 10.9. The zero-order valence-electron chi connectivity index (χ0n) is 6.89. The van der Waals surface area contributed by atoms with Crippen LogP contribution in [0.25, 0.3) is 0 Å². The molecular weight excluding hydrogens is 288 g/mol. The lowest BCUT2D eigenvalue weighted by molar-refractivity contribution is -0.143. The van der Waals surface area contributed by atoms with Gasteiger partial charge in [0.15, 0.2) is 0 Å². The van der Waals surface area contributed by atoms with Gasteiger partial charge in [0.25, 0.3) is 0 Å². The summed E-state index contributed by atoms with van der Waals surface area (Å²) in [5.74, 6) is -0.495. The van der Waals surface area contributed by atoms with Crippen LogP contribution in [0.4, 0.5) is 0 Å². The van der Waals surface area contributed by atoms with Crippen LogP contribution in [0.5, 0.6) is 0 Å². The fraction of sp³-hybridized carbons (Fsp3) is 0.875. The molecule has 0 amide bonds. The third-order valence-electron chi connectivity index (χ3n) is 2.42. The molecule has 1 N–H and O–H groups in total. The fourth-order valence-electron chi connectivity index (χ4n) is 1.59. The molecule has 0 aliphatic heterocycles. The van der Waals surface area contributed by atoms with Gasteiger partial charge in [-0.25, -0.2) is 0 Å². The minimum Gasteiger partial charge on any atom is -0.481 e. The number of aliphatic carboxylic acids is 1. The van der Waals surface area contributed by atoms with Crippen LogP contribution in [-0.4, -0.2) is 14.3 Å². The Morgan fingerprint density at radius 2 is 2.17 bits per heavy atom. The van der Waals surface area contributed by atoms with E-state index in [4.69, 9.17) is 5.11 Å². The molecule has 1 saturated carbocycles. The van der Waals surface area contributed by atoms with Gasteiger partial charge in [-0.1, -0.05) is 38.8 Å². The van der Waals surface area contributed by atoms with E-state index in [1.807, 2.05) is 0 Å². The van der Waals surface area contributed by atoms with Crippen molar-refractivity contribution < 1.29 is 9.90 Å². The van der Waals surface area contributed by atoms with Crippen LogP contribution in [0.15, 0.2) is 0 Å². The second-order valence-electron chi connectivity index (χ2n) is 3.53. The Bertz CT molecular complexity index is 191. The van der Waals surface area contributed by atoms with E-state index < -0.39 is 5.97 Å². The molecule has 0 aromatic carbocycles. The third-order valence-corrected chi connectivity index (χ3v) is 4.31. The number of carboxylic acid groups (broad SMARTS) is 1. The van der Waals surface area contributed by atoms with Crippen molar-refractivity contribution in [3.05, 3.63) is 0 Å². The van der Waals surface area contributed by atoms with E-state index in [-0.39, 0.29) is 9.15 Å². The van der Waals surface area contributed by atoms with E-state index >= 15 is 0 Å². The third kappa shape index (κ3) is 2.22. The Morgan fingerprint density at radius 3 is 2.58 bits per heavy atom. The molecule has 0 aromatic rings. The van der Waals surface area contributed by atoms with Crippen LogP contribution in [-0.2, 0) is 4.79 Å². The summed E-state index contributed by atoms with van der Waals surface area (Å²) in [5.41, 5.74) is 0. The number of rotatable bonds is 1. The van der Waals surface area contributed by atoms with Gasteiger partial charge in [-0.05, 0) is 25.2 Å². The summed E-state index contributed by atoms with van der Waals surface area (Å²) in [6, 6.07) is 0. The molecule has 2 nitrogen and oxygen atoms in total. The lowest BCUT2D eigenvalue weighted by Crippen LogP contribution is -2.37. The summed E-state index contributed by atoms with van der Waals surface area (Å²) >= 11 is 6.85. The average Bonchev–Trinajstić information content (AvgIpc) is 1.94. The molecule has 0 radical (unpaired) electrons. The van der Waals surface area contributed by atoms with E-state index in [1.54, 1.807) is 0 Å². The van der Waals surface area contributed by atoms with Gasteiger partial charge in [-0.3, -0.25) is 4.79 Å². The maximum Gasteiger partial charge on any atom is 0.308 e. The van der Waals surface area contributed by atoms with Gasteiger partial charge in [-0.15, -0.1) is 0 Å². The average molecular weight is 300 g/mol. The molecule has 1 aliphatic carbocycles. The van der Waals surface area contributed by atoms with Crippen molar-refractivity contribution in [3.8, 4) is 0 Å². The first-order valence-corrected chi connectivity index (χ1v) is 5.62.